The minimum Gasteiger partial charge on any atom is -0.478 e. The monoisotopic (exact) mass is 410 g/mol. The lowest BCUT2D eigenvalue weighted by molar-refractivity contribution is -0.187. The summed E-state index contributed by atoms with van der Waals surface area (Å²) in [7, 11) is 0. The molecule has 4 nitrogen and oxygen atoms in total. The summed E-state index contributed by atoms with van der Waals surface area (Å²) in [5.74, 6) is -1.98. The highest BCUT2D eigenvalue weighted by molar-refractivity contribution is 6.31. The SMILES string of the molecule is CC(=O)c1ccccc1Cc1cc2c(cc1Cl)C=C(C(=O)O)C(C(F)(F)F)O2. The van der Waals surface area contributed by atoms with Crippen LogP contribution in [0.5, 0.6) is 5.75 Å². The van der Waals surface area contributed by atoms with Gasteiger partial charge in [-0.2, -0.15) is 13.2 Å². The van der Waals surface area contributed by atoms with Crippen molar-refractivity contribution in [2.45, 2.75) is 25.6 Å². The summed E-state index contributed by atoms with van der Waals surface area (Å²) in [4.78, 5) is 23.0. The highest BCUT2D eigenvalue weighted by Crippen LogP contribution is 2.40. The molecule has 1 unspecified atom stereocenters. The third-order valence-electron chi connectivity index (χ3n) is 4.34. The van der Waals surface area contributed by atoms with E-state index < -0.39 is 23.8 Å². The van der Waals surface area contributed by atoms with E-state index >= 15 is 0 Å². The molecule has 8 heteroatoms. The van der Waals surface area contributed by atoms with Gasteiger partial charge in [0.25, 0.3) is 0 Å². The molecule has 146 valence electrons. The Balaban J connectivity index is 2.04. The van der Waals surface area contributed by atoms with E-state index in [9.17, 15) is 22.8 Å². The molecule has 0 spiro atoms. The zero-order chi connectivity index (χ0) is 20.6. The Kier molecular flexibility index (Phi) is 5.21. The standard InChI is InChI=1S/C20H14ClF3O4/c1-10(25)14-5-3-2-4-11(14)6-12-9-17-13(8-16(12)21)7-15(19(26)27)18(28-17)20(22,23)24/h2-5,7-9,18H,6H2,1H3,(H,26,27). The summed E-state index contributed by atoms with van der Waals surface area (Å²) in [5, 5.41) is 9.31. The number of carboxylic acid groups (broad SMARTS) is 1. The highest BCUT2D eigenvalue weighted by Gasteiger charge is 2.48. The number of carboxylic acids is 1. The van der Waals surface area contributed by atoms with Gasteiger partial charge in [-0.15, -0.1) is 0 Å². The zero-order valence-corrected chi connectivity index (χ0v) is 15.3. The maximum absolute atomic E-state index is 13.2. The van der Waals surface area contributed by atoms with Gasteiger partial charge in [0.1, 0.15) is 5.75 Å². The van der Waals surface area contributed by atoms with Crippen molar-refractivity contribution >= 4 is 29.4 Å². The normalized spacial score (nSPS) is 16.0. The zero-order valence-electron chi connectivity index (χ0n) is 14.5. The molecule has 0 aromatic heterocycles. The Morgan fingerprint density at radius 3 is 2.46 bits per heavy atom. The summed E-state index contributed by atoms with van der Waals surface area (Å²) in [6.07, 6.45) is -6.34. The molecule has 1 aliphatic heterocycles. The number of ether oxygens (including phenoxy) is 1. The molecule has 1 N–H and O–H groups in total. The van der Waals surface area contributed by atoms with Crippen molar-refractivity contribution in [1.29, 1.82) is 0 Å². The van der Waals surface area contributed by atoms with Crippen molar-refractivity contribution in [3.05, 3.63) is 69.2 Å². The van der Waals surface area contributed by atoms with Crippen LogP contribution in [-0.4, -0.2) is 29.1 Å². The Labute approximate surface area is 163 Å². The number of halogens is 4. The Morgan fingerprint density at radius 2 is 1.86 bits per heavy atom. The van der Waals surface area contributed by atoms with Gasteiger partial charge in [-0.3, -0.25) is 4.79 Å². The number of carbonyl (C=O) groups is 2. The molecule has 0 radical (unpaired) electrons. The van der Waals surface area contributed by atoms with Gasteiger partial charge in [0.05, 0.1) is 5.57 Å². The summed E-state index contributed by atoms with van der Waals surface area (Å²) >= 11 is 6.26. The van der Waals surface area contributed by atoms with Crippen LogP contribution in [0.3, 0.4) is 0 Å². The van der Waals surface area contributed by atoms with E-state index in [0.29, 0.717) is 16.7 Å². The molecule has 3 rings (SSSR count). The van der Waals surface area contributed by atoms with Gasteiger partial charge in [0.2, 0.25) is 6.10 Å². The largest absolute Gasteiger partial charge is 0.478 e. The summed E-state index contributed by atoms with van der Waals surface area (Å²) < 4.78 is 44.6. The second kappa shape index (κ2) is 7.31. The molecular weight excluding hydrogens is 397 g/mol. The summed E-state index contributed by atoms with van der Waals surface area (Å²) in [6, 6.07) is 9.55. The third-order valence-corrected chi connectivity index (χ3v) is 4.69. The second-order valence-corrected chi connectivity index (χ2v) is 6.72. The fourth-order valence-corrected chi connectivity index (χ4v) is 3.27. The first-order valence-electron chi connectivity index (χ1n) is 8.17. The molecule has 0 fully saturated rings. The number of hydrogen-bond acceptors (Lipinski definition) is 3. The molecule has 0 saturated heterocycles. The molecule has 1 heterocycles. The van der Waals surface area contributed by atoms with Crippen LogP contribution in [0.1, 0.15) is 34.0 Å². The van der Waals surface area contributed by atoms with Crippen LogP contribution in [0.4, 0.5) is 13.2 Å². The fraction of sp³-hybridized carbons (Fsp3) is 0.200. The molecule has 0 saturated carbocycles. The number of benzene rings is 2. The van der Waals surface area contributed by atoms with Crippen molar-refractivity contribution in [2.75, 3.05) is 0 Å². The smallest absolute Gasteiger partial charge is 0.430 e. The van der Waals surface area contributed by atoms with E-state index in [0.717, 1.165) is 6.08 Å². The molecule has 2 aromatic rings. The number of Topliss-reactive ketones (excluding diaryl/α,β-unsaturated/α-hetero) is 1. The van der Waals surface area contributed by atoms with E-state index in [1.807, 2.05) is 0 Å². The van der Waals surface area contributed by atoms with Crippen molar-refractivity contribution in [3.63, 3.8) is 0 Å². The molecular formula is C20H14ClF3O4. The van der Waals surface area contributed by atoms with Gasteiger partial charge in [0.15, 0.2) is 5.78 Å². The number of ketones is 1. The molecule has 0 bridgehead atoms. The topological polar surface area (TPSA) is 63.6 Å². The maximum atomic E-state index is 13.2. The van der Waals surface area contributed by atoms with Crippen LogP contribution in [0.25, 0.3) is 6.08 Å². The Morgan fingerprint density at radius 1 is 1.18 bits per heavy atom. The van der Waals surface area contributed by atoms with Gasteiger partial charge < -0.3 is 9.84 Å². The van der Waals surface area contributed by atoms with Crippen LogP contribution < -0.4 is 4.74 Å². The number of rotatable bonds is 4. The van der Waals surface area contributed by atoms with E-state index in [4.69, 9.17) is 21.4 Å². The minimum absolute atomic E-state index is 0.118. The molecule has 2 aromatic carbocycles. The van der Waals surface area contributed by atoms with Gasteiger partial charge in [-0.25, -0.2) is 4.79 Å². The number of fused-ring (bicyclic) bond motifs is 1. The summed E-state index contributed by atoms with van der Waals surface area (Å²) in [5.41, 5.74) is 0.847. The predicted octanol–water partition coefficient (Wildman–Crippen LogP) is 4.92. The minimum atomic E-state index is -4.89. The first-order chi connectivity index (χ1) is 13.1. The van der Waals surface area contributed by atoms with Crippen molar-refractivity contribution in [1.82, 2.24) is 0 Å². The lowest BCUT2D eigenvalue weighted by Gasteiger charge is -2.27. The number of alkyl halides is 3. The van der Waals surface area contributed by atoms with Crippen LogP contribution in [0.15, 0.2) is 42.0 Å². The van der Waals surface area contributed by atoms with Gasteiger partial charge in [0, 0.05) is 16.1 Å². The average molecular weight is 411 g/mol. The highest BCUT2D eigenvalue weighted by atomic mass is 35.5. The van der Waals surface area contributed by atoms with E-state index in [1.165, 1.54) is 19.1 Å². The second-order valence-electron chi connectivity index (χ2n) is 6.32. The average Bonchev–Trinajstić information content (AvgIpc) is 2.60. The van der Waals surface area contributed by atoms with E-state index in [1.54, 1.807) is 24.3 Å². The number of hydrogen-bond donors (Lipinski definition) is 1. The Bertz CT molecular complexity index is 995. The molecule has 0 amide bonds. The molecule has 1 aliphatic rings. The van der Waals surface area contributed by atoms with Crippen LogP contribution in [-0.2, 0) is 11.2 Å². The van der Waals surface area contributed by atoms with Crippen molar-refractivity contribution < 1.29 is 32.6 Å². The number of carbonyl (C=O) groups excluding carboxylic acids is 1. The van der Waals surface area contributed by atoms with Crippen molar-refractivity contribution in [2.24, 2.45) is 0 Å². The van der Waals surface area contributed by atoms with Crippen LogP contribution in [0, 0.1) is 0 Å². The molecule has 28 heavy (non-hydrogen) atoms. The quantitative estimate of drug-likeness (QED) is 0.726. The first-order valence-corrected chi connectivity index (χ1v) is 8.55. The maximum Gasteiger partial charge on any atom is 0.430 e. The molecule has 1 atom stereocenters. The van der Waals surface area contributed by atoms with Gasteiger partial charge in [-0.1, -0.05) is 35.9 Å². The predicted molar refractivity (Wildman–Crippen MR) is 96.8 cm³/mol. The fourth-order valence-electron chi connectivity index (χ4n) is 3.03. The van der Waals surface area contributed by atoms with Crippen LogP contribution in [0.2, 0.25) is 5.02 Å². The molecule has 0 aliphatic carbocycles. The first kappa shape index (κ1) is 19.9. The lowest BCUT2D eigenvalue weighted by Crippen LogP contribution is -2.40. The van der Waals surface area contributed by atoms with Gasteiger partial charge >= 0.3 is 12.1 Å². The summed E-state index contributed by atoms with van der Waals surface area (Å²) in [6.45, 7) is 1.42. The Hall–Kier alpha value is -2.80. The van der Waals surface area contributed by atoms with E-state index in [-0.39, 0.29) is 28.5 Å². The van der Waals surface area contributed by atoms with Crippen molar-refractivity contribution in [3.8, 4) is 5.75 Å². The number of aliphatic carboxylic acids is 1. The van der Waals surface area contributed by atoms with Gasteiger partial charge in [-0.05, 0) is 42.7 Å². The van der Waals surface area contributed by atoms with E-state index in [2.05, 4.69) is 0 Å². The van der Waals surface area contributed by atoms with Crippen LogP contribution >= 0.6 is 11.6 Å². The lowest BCUT2D eigenvalue weighted by atomic mass is 9.95. The third kappa shape index (κ3) is 3.89.